The minimum Gasteiger partial charge on any atom is -0.450 e. The number of ether oxygens (including phenoxy) is 1. The zero-order chi connectivity index (χ0) is 15.1. The quantitative estimate of drug-likeness (QED) is 0.875. The molecule has 0 spiro atoms. The van der Waals surface area contributed by atoms with E-state index in [2.05, 4.69) is 22.5 Å². The van der Waals surface area contributed by atoms with E-state index in [0.717, 1.165) is 31.0 Å². The van der Waals surface area contributed by atoms with E-state index in [1.807, 2.05) is 24.3 Å². The van der Waals surface area contributed by atoms with Crippen LogP contribution in [0.4, 0.5) is 16.2 Å². The van der Waals surface area contributed by atoms with Gasteiger partial charge in [0, 0.05) is 30.5 Å². The van der Waals surface area contributed by atoms with Crippen LogP contribution >= 0.6 is 0 Å². The summed E-state index contributed by atoms with van der Waals surface area (Å²) in [6.45, 7) is 7.84. The van der Waals surface area contributed by atoms with E-state index in [-0.39, 0.29) is 0 Å². The Morgan fingerprint density at radius 2 is 1.81 bits per heavy atom. The first-order valence-corrected chi connectivity index (χ1v) is 7.74. The molecule has 2 rings (SSSR count). The number of piperidine rings is 1. The lowest BCUT2D eigenvalue weighted by molar-refractivity contribution is 0.168. The molecule has 116 valence electrons. The predicted octanol–water partition coefficient (Wildman–Crippen LogP) is 3.15. The highest BCUT2D eigenvalue weighted by atomic mass is 16.5. The van der Waals surface area contributed by atoms with Gasteiger partial charge in [0.25, 0.3) is 0 Å². The Hall–Kier alpha value is -1.75. The Morgan fingerprint density at radius 1 is 1.19 bits per heavy atom. The molecule has 21 heavy (non-hydrogen) atoms. The van der Waals surface area contributed by atoms with E-state index >= 15 is 0 Å². The van der Waals surface area contributed by atoms with Crippen molar-refractivity contribution in [2.24, 2.45) is 0 Å². The third-order valence-corrected chi connectivity index (χ3v) is 3.81. The molecule has 0 saturated carbocycles. The van der Waals surface area contributed by atoms with Gasteiger partial charge >= 0.3 is 6.09 Å². The molecule has 5 heteroatoms. The normalized spacial score (nSPS) is 16.5. The number of amides is 1. The van der Waals surface area contributed by atoms with Crippen LogP contribution in [0.3, 0.4) is 0 Å². The molecule has 1 aliphatic heterocycles. The first-order valence-electron chi connectivity index (χ1n) is 7.74. The highest BCUT2D eigenvalue weighted by molar-refractivity contribution is 5.84. The lowest BCUT2D eigenvalue weighted by Gasteiger charge is -2.32. The fraction of sp³-hybridized carbons (Fsp3) is 0.562. The van der Waals surface area contributed by atoms with Crippen LogP contribution in [0.25, 0.3) is 0 Å². The van der Waals surface area contributed by atoms with Crippen molar-refractivity contribution < 1.29 is 9.53 Å². The third kappa shape index (κ3) is 4.93. The second kappa shape index (κ2) is 7.88. The van der Waals surface area contributed by atoms with Crippen molar-refractivity contribution in [3.8, 4) is 0 Å². The molecule has 1 aromatic carbocycles. The van der Waals surface area contributed by atoms with E-state index in [0.29, 0.717) is 12.6 Å². The number of anilines is 2. The van der Waals surface area contributed by atoms with Crippen LogP contribution in [0.1, 0.15) is 26.7 Å². The SMILES string of the molecule is CCOC(=O)Nc1ccc(NC2CCN(CC)CC2)cc1. The lowest BCUT2D eigenvalue weighted by atomic mass is 10.0. The number of hydrogen-bond donors (Lipinski definition) is 2. The van der Waals surface area contributed by atoms with Crippen molar-refractivity contribution in [1.82, 2.24) is 4.90 Å². The Balaban J connectivity index is 1.81. The molecule has 1 aromatic rings. The molecule has 0 bridgehead atoms. The first-order chi connectivity index (χ1) is 10.2. The number of rotatable bonds is 5. The maximum Gasteiger partial charge on any atom is 0.411 e. The maximum atomic E-state index is 11.3. The van der Waals surface area contributed by atoms with Crippen LogP contribution in [0, 0.1) is 0 Å². The van der Waals surface area contributed by atoms with Crippen LogP contribution in [0.5, 0.6) is 0 Å². The Kier molecular flexibility index (Phi) is 5.87. The molecular weight excluding hydrogens is 266 g/mol. The molecule has 2 N–H and O–H groups in total. The summed E-state index contributed by atoms with van der Waals surface area (Å²) in [4.78, 5) is 13.8. The molecule has 1 heterocycles. The molecule has 5 nitrogen and oxygen atoms in total. The van der Waals surface area contributed by atoms with Gasteiger partial charge in [-0.3, -0.25) is 5.32 Å². The van der Waals surface area contributed by atoms with Crippen molar-refractivity contribution in [2.75, 3.05) is 36.9 Å². The largest absolute Gasteiger partial charge is 0.450 e. The van der Waals surface area contributed by atoms with Gasteiger partial charge < -0.3 is 15.0 Å². The summed E-state index contributed by atoms with van der Waals surface area (Å²) in [5.74, 6) is 0. The van der Waals surface area contributed by atoms with Gasteiger partial charge in [-0.2, -0.15) is 0 Å². The first kappa shape index (κ1) is 15.6. The van der Waals surface area contributed by atoms with Gasteiger partial charge in [-0.1, -0.05) is 6.92 Å². The topological polar surface area (TPSA) is 53.6 Å². The molecule has 1 fully saturated rings. The van der Waals surface area contributed by atoms with Crippen LogP contribution < -0.4 is 10.6 Å². The lowest BCUT2D eigenvalue weighted by Crippen LogP contribution is -2.38. The summed E-state index contributed by atoms with van der Waals surface area (Å²) in [6, 6.07) is 8.30. The fourth-order valence-electron chi connectivity index (χ4n) is 2.56. The number of carbonyl (C=O) groups is 1. The van der Waals surface area contributed by atoms with Crippen molar-refractivity contribution in [1.29, 1.82) is 0 Å². The van der Waals surface area contributed by atoms with Gasteiger partial charge in [0.15, 0.2) is 0 Å². The predicted molar refractivity (Wildman–Crippen MR) is 85.8 cm³/mol. The second-order valence-corrected chi connectivity index (χ2v) is 5.28. The monoisotopic (exact) mass is 291 g/mol. The number of hydrogen-bond acceptors (Lipinski definition) is 4. The van der Waals surface area contributed by atoms with Gasteiger partial charge in [-0.15, -0.1) is 0 Å². The molecule has 0 atom stereocenters. The van der Waals surface area contributed by atoms with E-state index in [9.17, 15) is 4.79 Å². The van der Waals surface area contributed by atoms with Gasteiger partial charge in [-0.05, 0) is 50.6 Å². The molecule has 0 aliphatic carbocycles. The number of likely N-dealkylation sites (tertiary alicyclic amines) is 1. The van der Waals surface area contributed by atoms with Gasteiger partial charge in [0.05, 0.1) is 6.61 Å². The van der Waals surface area contributed by atoms with Crippen LogP contribution in [-0.2, 0) is 4.74 Å². The zero-order valence-corrected chi connectivity index (χ0v) is 12.9. The van der Waals surface area contributed by atoms with Gasteiger partial charge in [0.1, 0.15) is 0 Å². The number of nitrogens with zero attached hydrogens (tertiary/aromatic N) is 1. The summed E-state index contributed by atoms with van der Waals surface area (Å²) in [5, 5.41) is 6.25. The van der Waals surface area contributed by atoms with E-state index in [4.69, 9.17) is 4.74 Å². The maximum absolute atomic E-state index is 11.3. The van der Waals surface area contributed by atoms with Crippen LogP contribution in [-0.4, -0.2) is 43.3 Å². The van der Waals surface area contributed by atoms with Crippen molar-refractivity contribution in [3.63, 3.8) is 0 Å². The highest BCUT2D eigenvalue weighted by Gasteiger charge is 2.17. The smallest absolute Gasteiger partial charge is 0.411 e. The summed E-state index contributed by atoms with van der Waals surface area (Å²) in [7, 11) is 0. The van der Waals surface area contributed by atoms with Crippen molar-refractivity contribution in [2.45, 2.75) is 32.7 Å². The Bertz CT molecular complexity index is 439. The van der Waals surface area contributed by atoms with E-state index < -0.39 is 6.09 Å². The Morgan fingerprint density at radius 3 is 2.38 bits per heavy atom. The number of benzene rings is 1. The molecule has 1 amide bonds. The van der Waals surface area contributed by atoms with Crippen LogP contribution in [0.2, 0.25) is 0 Å². The molecule has 1 saturated heterocycles. The zero-order valence-electron chi connectivity index (χ0n) is 12.9. The Labute approximate surface area is 126 Å². The average Bonchev–Trinajstić information content (AvgIpc) is 2.50. The molecule has 1 aliphatic rings. The summed E-state index contributed by atoms with van der Waals surface area (Å²) in [5.41, 5.74) is 1.85. The summed E-state index contributed by atoms with van der Waals surface area (Å²) >= 11 is 0. The van der Waals surface area contributed by atoms with E-state index in [1.165, 1.54) is 12.8 Å². The number of nitrogens with one attached hydrogen (secondary N) is 2. The van der Waals surface area contributed by atoms with Crippen molar-refractivity contribution in [3.05, 3.63) is 24.3 Å². The molecule has 0 aromatic heterocycles. The fourth-order valence-corrected chi connectivity index (χ4v) is 2.56. The minimum atomic E-state index is -0.412. The number of carbonyl (C=O) groups excluding carboxylic acids is 1. The molecular formula is C16H25N3O2. The summed E-state index contributed by atoms with van der Waals surface area (Å²) in [6.07, 6.45) is 1.94. The van der Waals surface area contributed by atoms with Gasteiger partial charge in [0.2, 0.25) is 0 Å². The van der Waals surface area contributed by atoms with Gasteiger partial charge in [-0.25, -0.2) is 4.79 Å². The van der Waals surface area contributed by atoms with Crippen molar-refractivity contribution >= 4 is 17.5 Å². The molecule has 0 unspecified atom stereocenters. The second-order valence-electron chi connectivity index (χ2n) is 5.28. The average molecular weight is 291 g/mol. The third-order valence-electron chi connectivity index (χ3n) is 3.81. The highest BCUT2D eigenvalue weighted by Crippen LogP contribution is 2.18. The molecule has 0 radical (unpaired) electrons. The van der Waals surface area contributed by atoms with E-state index in [1.54, 1.807) is 6.92 Å². The van der Waals surface area contributed by atoms with Crippen LogP contribution in [0.15, 0.2) is 24.3 Å². The minimum absolute atomic E-state index is 0.377. The summed E-state index contributed by atoms with van der Waals surface area (Å²) < 4.78 is 4.85. The standard InChI is InChI=1S/C16H25N3O2/c1-3-19-11-9-15(10-12-19)17-13-5-7-14(8-6-13)18-16(20)21-4-2/h5-8,15,17H,3-4,9-12H2,1-2H3,(H,18,20).